The molecule has 0 fully saturated rings. The first-order valence-corrected chi connectivity index (χ1v) is 4.81. The van der Waals surface area contributed by atoms with Crippen molar-refractivity contribution >= 4 is 5.82 Å². The summed E-state index contributed by atoms with van der Waals surface area (Å²) in [6.45, 7) is 4.79. The summed E-state index contributed by atoms with van der Waals surface area (Å²) in [4.78, 5) is 0. The van der Waals surface area contributed by atoms with Crippen LogP contribution in [0.5, 0.6) is 0 Å². The minimum Gasteiger partial charge on any atom is -0.383 e. The third-order valence-electron chi connectivity index (χ3n) is 2.00. The van der Waals surface area contributed by atoms with Gasteiger partial charge in [0.1, 0.15) is 5.82 Å². The second-order valence-electron chi connectivity index (χ2n) is 3.32. The number of nitrogens with one attached hydrogen (secondary N) is 1. The van der Waals surface area contributed by atoms with Gasteiger partial charge in [0, 0.05) is 7.11 Å². The molecule has 0 spiro atoms. The molecule has 1 unspecified atom stereocenters. The van der Waals surface area contributed by atoms with Crippen LogP contribution in [0.2, 0.25) is 0 Å². The predicted octanol–water partition coefficient (Wildman–Crippen LogP) is 1.62. The zero-order chi connectivity index (χ0) is 10.4. The molecule has 0 aromatic carbocycles. The van der Waals surface area contributed by atoms with Crippen molar-refractivity contribution in [2.75, 3.05) is 19.0 Å². The molecule has 4 heteroatoms. The molecular weight excluding hydrogens is 178 g/mol. The van der Waals surface area contributed by atoms with Crippen LogP contribution in [-0.2, 0) is 4.74 Å². The van der Waals surface area contributed by atoms with Gasteiger partial charge >= 0.3 is 0 Å². The Morgan fingerprint density at radius 1 is 1.57 bits per heavy atom. The molecule has 1 aromatic heterocycles. The van der Waals surface area contributed by atoms with Crippen LogP contribution in [0.25, 0.3) is 0 Å². The van der Waals surface area contributed by atoms with Crippen LogP contribution in [0.15, 0.2) is 12.3 Å². The summed E-state index contributed by atoms with van der Waals surface area (Å²) in [5, 5.41) is 11.1. The van der Waals surface area contributed by atoms with Gasteiger partial charge in [0.15, 0.2) is 0 Å². The Labute approximate surface area is 84.7 Å². The average Bonchev–Trinajstić information content (AvgIpc) is 2.17. The Bertz CT molecular complexity index is 278. The molecule has 1 aromatic rings. The molecule has 1 heterocycles. The van der Waals surface area contributed by atoms with Gasteiger partial charge in [-0.05, 0) is 25.0 Å². The number of methoxy groups -OCH3 is 1. The van der Waals surface area contributed by atoms with Crippen LogP contribution < -0.4 is 5.32 Å². The topological polar surface area (TPSA) is 47.0 Å². The molecule has 0 aliphatic carbocycles. The molecule has 1 rings (SSSR count). The van der Waals surface area contributed by atoms with E-state index in [0.717, 1.165) is 17.8 Å². The van der Waals surface area contributed by atoms with Gasteiger partial charge in [-0.3, -0.25) is 0 Å². The van der Waals surface area contributed by atoms with Gasteiger partial charge in [-0.2, -0.15) is 5.10 Å². The van der Waals surface area contributed by atoms with E-state index in [0.29, 0.717) is 12.6 Å². The van der Waals surface area contributed by atoms with Crippen molar-refractivity contribution in [3.05, 3.63) is 17.8 Å². The molecule has 14 heavy (non-hydrogen) atoms. The monoisotopic (exact) mass is 195 g/mol. The normalized spacial score (nSPS) is 12.5. The first-order valence-electron chi connectivity index (χ1n) is 4.81. The van der Waals surface area contributed by atoms with Crippen LogP contribution in [0.3, 0.4) is 0 Å². The van der Waals surface area contributed by atoms with E-state index in [1.165, 1.54) is 0 Å². The molecule has 78 valence electrons. The molecule has 0 radical (unpaired) electrons. The number of nitrogens with zero attached hydrogens (tertiary/aromatic N) is 2. The van der Waals surface area contributed by atoms with E-state index in [4.69, 9.17) is 4.74 Å². The fourth-order valence-corrected chi connectivity index (χ4v) is 1.21. The first kappa shape index (κ1) is 10.9. The van der Waals surface area contributed by atoms with Crippen LogP contribution in [0.4, 0.5) is 5.82 Å². The summed E-state index contributed by atoms with van der Waals surface area (Å²) in [7, 11) is 1.70. The zero-order valence-corrected chi connectivity index (χ0v) is 8.95. The largest absolute Gasteiger partial charge is 0.383 e. The molecular formula is C10H17N3O. The Hall–Kier alpha value is -1.16. The molecule has 1 N–H and O–H groups in total. The lowest BCUT2D eigenvalue weighted by Gasteiger charge is -2.15. The maximum Gasteiger partial charge on any atom is 0.149 e. The van der Waals surface area contributed by atoms with Crippen molar-refractivity contribution in [1.29, 1.82) is 0 Å². The number of hydrogen-bond donors (Lipinski definition) is 1. The van der Waals surface area contributed by atoms with Gasteiger partial charge in [0.2, 0.25) is 0 Å². The van der Waals surface area contributed by atoms with Crippen LogP contribution in [0, 0.1) is 6.92 Å². The third kappa shape index (κ3) is 3.30. The smallest absolute Gasteiger partial charge is 0.149 e. The second-order valence-corrected chi connectivity index (χ2v) is 3.32. The van der Waals surface area contributed by atoms with Crippen LogP contribution in [0.1, 0.15) is 18.9 Å². The van der Waals surface area contributed by atoms with Crippen molar-refractivity contribution in [2.45, 2.75) is 26.3 Å². The number of aromatic nitrogens is 2. The summed E-state index contributed by atoms with van der Waals surface area (Å²) in [5.74, 6) is 0.814. The SMILES string of the molecule is CCC(COC)Nc1cc(C)cnn1. The zero-order valence-electron chi connectivity index (χ0n) is 8.95. The van der Waals surface area contributed by atoms with Crippen molar-refractivity contribution in [3.63, 3.8) is 0 Å². The molecule has 0 bridgehead atoms. The van der Waals surface area contributed by atoms with Crippen molar-refractivity contribution in [2.24, 2.45) is 0 Å². The van der Waals surface area contributed by atoms with E-state index < -0.39 is 0 Å². The number of anilines is 1. The number of rotatable bonds is 5. The van der Waals surface area contributed by atoms with Gasteiger partial charge in [-0.1, -0.05) is 6.92 Å². The fourth-order valence-electron chi connectivity index (χ4n) is 1.21. The lowest BCUT2D eigenvalue weighted by atomic mass is 10.2. The quantitative estimate of drug-likeness (QED) is 0.775. The highest BCUT2D eigenvalue weighted by molar-refractivity contribution is 5.36. The minimum atomic E-state index is 0.302. The van der Waals surface area contributed by atoms with Gasteiger partial charge in [0.25, 0.3) is 0 Å². The molecule has 4 nitrogen and oxygen atoms in total. The minimum absolute atomic E-state index is 0.302. The molecule has 0 saturated carbocycles. The summed E-state index contributed by atoms with van der Waals surface area (Å²) < 4.78 is 5.09. The number of ether oxygens (including phenoxy) is 1. The summed E-state index contributed by atoms with van der Waals surface area (Å²) in [5.41, 5.74) is 1.11. The molecule has 0 aliphatic heterocycles. The third-order valence-corrected chi connectivity index (χ3v) is 2.00. The van der Waals surface area contributed by atoms with Crippen LogP contribution >= 0.6 is 0 Å². The van der Waals surface area contributed by atoms with E-state index in [9.17, 15) is 0 Å². The highest BCUT2D eigenvalue weighted by Crippen LogP contribution is 2.07. The summed E-state index contributed by atoms with van der Waals surface area (Å²) in [6, 6.07) is 2.28. The number of aryl methyl sites for hydroxylation is 1. The van der Waals surface area contributed by atoms with Crippen LogP contribution in [-0.4, -0.2) is 30.0 Å². The molecule has 0 saturated heterocycles. The average molecular weight is 195 g/mol. The van der Waals surface area contributed by atoms with Crippen molar-refractivity contribution < 1.29 is 4.74 Å². The highest BCUT2D eigenvalue weighted by Gasteiger charge is 2.06. The van der Waals surface area contributed by atoms with Gasteiger partial charge in [0.05, 0.1) is 18.8 Å². The standard InChI is InChI=1S/C10H17N3O/c1-4-9(7-14-3)12-10-5-8(2)6-11-13-10/h5-6,9H,4,7H2,1-3H3,(H,12,13). The molecule has 0 aliphatic rings. The molecule has 1 atom stereocenters. The Kier molecular flexibility index (Phi) is 4.32. The Balaban J connectivity index is 2.57. The maximum atomic E-state index is 5.09. The van der Waals surface area contributed by atoms with Gasteiger partial charge < -0.3 is 10.1 Å². The van der Waals surface area contributed by atoms with E-state index in [1.807, 2.05) is 13.0 Å². The lowest BCUT2D eigenvalue weighted by molar-refractivity contribution is 0.184. The van der Waals surface area contributed by atoms with E-state index >= 15 is 0 Å². The maximum absolute atomic E-state index is 5.09. The van der Waals surface area contributed by atoms with Gasteiger partial charge in [-0.15, -0.1) is 5.10 Å². The Morgan fingerprint density at radius 2 is 2.36 bits per heavy atom. The van der Waals surface area contributed by atoms with E-state index in [1.54, 1.807) is 13.3 Å². The summed E-state index contributed by atoms with van der Waals surface area (Å²) >= 11 is 0. The van der Waals surface area contributed by atoms with E-state index in [-0.39, 0.29) is 0 Å². The van der Waals surface area contributed by atoms with Crippen molar-refractivity contribution in [1.82, 2.24) is 10.2 Å². The van der Waals surface area contributed by atoms with E-state index in [2.05, 4.69) is 22.4 Å². The lowest BCUT2D eigenvalue weighted by Crippen LogP contribution is -2.24. The summed E-state index contributed by atoms with van der Waals surface area (Å²) in [6.07, 6.45) is 2.74. The highest BCUT2D eigenvalue weighted by atomic mass is 16.5. The van der Waals surface area contributed by atoms with Gasteiger partial charge in [-0.25, -0.2) is 0 Å². The fraction of sp³-hybridized carbons (Fsp3) is 0.600. The van der Waals surface area contributed by atoms with Crippen molar-refractivity contribution in [3.8, 4) is 0 Å². The number of hydrogen-bond acceptors (Lipinski definition) is 4. The molecule has 0 amide bonds. The first-order chi connectivity index (χ1) is 6.76. The second kappa shape index (κ2) is 5.54. The predicted molar refractivity (Wildman–Crippen MR) is 56.3 cm³/mol. The Morgan fingerprint density at radius 3 is 2.93 bits per heavy atom.